The Morgan fingerprint density at radius 3 is 1.95 bits per heavy atom. The van der Waals surface area contributed by atoms with E-state index in [9.17, 15) is 13.2 Å². The molecule has 0 radical (unpaired) electrons. The van der Waals surface area contributed by atoms with Crippen molar-refractivity contribution < 1.29 is 17.9 Å². The molecule has 2 aliphatic heterocycles. The highest BCUT2D eigenvalue weighted by atomic mass is 32.2. The van der Waals surface area contributed by atoms with Crippen LogP contribution in [0.3, 0.4) is 0 Å². The van der Waals surface area contributed by atoms with Crippen molar-refractivity contribution in [3.05, 3.63) is 138 Å². The minimum atomic E-state index is -3.99. The summed E-state index contributed by atoms with van der Waals surface area (Å²) in [4.78, 5) is 14.0. The van der Waals surface area contributed by atoms with Crippen molar-refractivity contribution in [2.24, 2.45) is 10.3 Å². The number of benzene rings is 4. The molecule has 0 saturated carbocycles. The summed E-state index contributed by atoms with van der Waals surface area (Å²) < 4.78 is 36.9. The van der Waals surface area contributed by atoms with Crippen LogP contribution in [0.15, 0.2) is 125 Å². The summed E-state index contributed by atoms with van der Waals surface area (Å²) in [6, 6.07) is 35.1. The average molecular weight is 523 g/mol. The second-order valence-electron chi connectivity index (χ2n) is 9.75. The molecule has 0 aliphatic carbocycles. The van der Waals surface area contributed by atoms with Gasteiger partial charge in [0.1, 0.15) is 0 Å². The Labute approximate surface area is 222 Å². The second kappa shape index (κ2) is 9.04. The molecule has 2 saturated heterocycles. The molecule has 7 heteroatoms. The topological polar surface area (TPSA) is 84.8 Å². The van der Waals surface area contributed by atoms with E-state index in [1.807, 2.05) is 97.9 Å². The fourth-order valence-corrected chi connectivity index (χ4v) is 6.65. The van der Waals surface area contributed by atoms with Crippen LogP contribution in [-0.2, 0) is 30.8 Å². The maximum atomic E-state index is 13.9. The lowest BCUT2D eigenvalue weighted by molar-refractivity contribution is -0.162. The third kappa shape index (κ3) is 3.69. The maximum Gasteiger partial charge on any atom is 0.333 e. The highest BCUT2D eigenvalue weighted by Gasteiger charge is 2.73. The Kier molecular flexibility index (Phi) is 5.78. The monoisotopic (exact) mass is 522 g/mol. The summed E-state index contributed by atoms with van der Waals surface area (Å²) in [5.41, 5.74) is 0.725. The lowest BCUT2D eigenvalue weighted by atomic mass is 9.69. The van der Waals surface area contributed by atoms with E-state index in [0.29, 0.717) is 5.56 Å². The predicted octanol–water partition coefficient (Wildman–Crippen LogP) is 5.06. The third-order valence-corrected chi connectivity index (χ3v) is 8.79. The molecule has 6 rings (SSSR count). The lowest BCUT2D eigenvalue weighted by Crippen LogP contribution is -2.46. The summed E-state index contributed by atoms with van der Waals surface area (Å²) in [6.07, 6.45) is 1.45. The number of aryl methyl sites for hydroxylation is 1. The summed E-state index contributed by atoms with van der Waals surface area (Å²) in [7, 11) is -3.99. The molecule has 6 nitrogen and oxygen atoms in total. The number of carbonyl (C=O) groups excluding carboxylic acids is 1. The molecule has 0 spiro atoms. The van der Waals surface area contributed by atoms with E-state index in [4.69, 9.17) is 4.74 Å². The van der Waals surface area contributed by atoms with Crippen molar-refractivity contribution in [2.45, 2.75) is 29.0 Å². The molecule has 2 bridgehead atoms. The van der Waals surface area contributed by atoms with Gasteiger partial charge in [0.05, 0.1) is 10.8 Å². The van der Waals surface area contributed by atoms with Crippen LogP contribution < -0.4 is 5.32 Å². The molecule has 38 heavy (non-hydrogen) atoms. The number of hydrogen-bond acceptors (Lipinski definition) is 5. The molecule has 1 N–H and O–H groups in total. The number of sulfonamides is 1. The second-order valence-corrected chi connectivity index (χ2v) is 11.4. The van der Waals surface area contributed by atoms with E-state index < -0.39 is 39.1 Å². The van der Waals surface area contributed by atoms with Crippen molar-refractivity contribution in [3.63, 3.8) is 0 Å². The van der Waals surface area contributed by atoms with Gasteiger partial charge >= 0.3 is 5.97 Å². The van der Waals surface area contributed by atoms with Crippen molar-refractivity contribution in [2.75, 3.05) is 0 Å². The van der Waals surface area contributed by atoms with E-state index >= 15 is 0 Å². The number of fused-ring (bicyclic) bond motifs is 2. The zero-order chi connectivity index (χ0) is 26.4. The van der Waals surface area contributed by atoms with E-state index in [1.165, 1.54) is 6.21 Å². The van der Waals surface area contributed by atoms with E-state index in [1.54, 1.807) is 24.3 Å². The van der Waals surface area contributed by atoms with Crippen LogP contribution in [-0.4, -0.2) is 20.6 Å². The first kappa shape index (κ1) is 24.3. The predicted molar refractivity (Wildman–Crippen MR) is 145 cm³/mol. The number of ether oxygens (including phenoxy) is 1. The Hall–Kier alpha value is -4.07. The summed E-state index contributed by atoms with van der Waals surface area (Å²) in [5, 5.41) is 3.56. The SMILES string of the molecule is Cc1ccc(S(=O)(=O)/N=C/C2C(c3ccccc3)[C@]3(c4ccccc4)N[C@@]2(c2ccccc2)OC3=O)cc1. The van der Waals surface area contributed by atoms with E-state index in [2.05, 4.69) is 9.71 Å². The molecule has 2 heterocycles. The van der Waals surface area contributed by atoms with Gasteiger partial charge < -0.3 is 4.74 Å². The van der Waals surface area contributed by atoms with Crippen molar-refractivity contribution >= 4 is 22.2 Å². The highest BCUT2D eigenvalue weighted by molar-refractivity contribution is 7.90. The molecule has 0 aromatic heterocycles. The molecular formula is C31H26N2O4S. The van der Waals surface area contributed by atoms with Gasteiger partial charge in [-0.25, -0.2) is 4.79 Å². The first-order chi connectivity index (χ1) is 18.4. The van der Waals surface area contributed by atoms with Crippen molar-refractivity contribution in [3.8, 4) is 0 Å². The van der Waals surface area contributed by atoms with Crippen molar-refractivity contribution in [1.82, 2.24) is 5.32 Å². The summed E-state index contributed by atoms with van der Waals surface area (Å²) >= 11 is 0. The van der Waals surface area contributed by atoms with Gasteiger partial charge in [0.15, 0.2) is 11.3 Å². The van der Waals surface area contributed by atoms with Crippen LogP contribution in [0, 0.1) is 12.8 Å². The van der Waals surface area contributed by atoms with Crippen LogP contribution >= 0.6 is 0 Å². The smallest absolute Gasteiger partial charge is 0.333 e. The molecule has 4 aromatic rings. The van der Waals surface area contributed by atoms with E-state index in [-0.39, 0.29) is 4.90 Å². The Bertz CT molecular complexity index is 1610. The van der Waals surface area contributed by atoms with Gasteiger partial charge in [-0.1, -0.05) is 109 Å². The van der Waals surface area contributed by atoms with Gasteiger partial charge in [-0.05, 0) is 30.2 Å². The molecule has 4 aromatic carbocycles. The third-order valence-electron chi connectivity index (χ3n) is 7.52. The quantitative estimate of drug-likeness (QED) is 0.283. The standard InChI is InChI=1S/C31H26N2O4S/c1-22-17-19-26(20-18-22)38(35,36)32-21-27-28(23-11-5-2-6-12-23)30(24-13-7-3-8-14-24)29(34)37-31(27,33-30)25-15-9-4-10-16-25/h2-21,27-28,33H,1H3/b32-21+/t27?,28?,30-,31-/m0/s1. The van der Waals surface area contributed by atoms with Crippen LogP contribution in [0.1, 0.15) is 28.2 Å². The molecule has 2 unspecified atom stereocenters. The van der Waals surface area contributed by atoms with Gasteiger partial charge in [0, 0.05) is 17.7 Å². The summed E-state index contributed by atoms with van der Waals surface area (Å²) in [5.74, 6) is -1.54. The molecule has 0 amide bonds. The highest BCUT2D eigenvalue weighted by Crippen LogP contribution is 2.61. The lowest BCUT2D eigenvalue weighted by Gasteiger charge is -2.38. The molecule has 190 valence electrons. The first-order valence-corrected chi connectivity index (χ1v) is 13.9. The zero-order valence-corrected chi connectivity index (χ0v) is 21.5. The van der Waals surface area contributed by atoms with Gasteiger partial charge in [0.25, 0.3) is 10.0 Å². The average Bonchev–Trinajstić information content (AvgIpc) is 3.43. The zero-order valence-electron chi connectivity index (χ0n) is 20.7. The van der Waals surface area contributed by atoms with Gasteiger partial charge in [-0.15, -0.1) is 0 Å². The number of carbonyl (C=O) groups is 1. The van der Waals surface area contributed by atoms with Crippen LogP contribution in [0.4, 0.5) is 0 Å². The number of hydrogen-bond donors (Lipinski definition) is 1. The Morgan fingerprint density at radius 1 is 0.789 bits per heavy atom. The van der Waals surface area contributed by atoms with Crippen LogP contribution in [0.2, 0.25) is 0 Å². The number of nitrogens with one attached hydrogen (secondary N) is 1. The number of nitrogens with zero attached hydrogens (tertiary/aromatic N) is 1. The first-order valence-electron chi connectivity index (χ1n) is 12.4. The van der Waals surface area contributed by atoms with E-state index in [0.717, 1.165) is 16.7 Å². The Morgan fingerprint density at radius 2 is 1.34 bits per heavy atom. The van der Waals surface area contributed by atoms with Gasteiger partial charge in [-0.2, -0.15) is 12.8 Å². The minimum absolute atomic E-state index is 0.107. The number of rotatable bonds is 6. The summed E-state index contributed by atoms with van der Waals surface area (Å²) in [6.45, 7) is 1.89. The van der Waals surface area contributed by atoms with Crippen LogP contribution in [0.5, 0.6) is 0 Å². The van der Waals surface area contributed by atoms with Crippen LogP contribution in [0.25, 0.3) is 0 Å². The van der Waals surface area contributed by atoms with Gasteiger partial charge in [-0.3, -0.25) is 5.32 Å². The largest absolute Gasteiger partial charge is 0.437 e. The molecule has 2 fully saturated rings. The molecular weight excluding hydrogens is 496 g/mol. The molecule has 4 atom stereocenters. The number of esters is 1. The fourth-order valence-electron chi connectivity index (χ4n) is 5.76. The van der Waals surface area contributed by atoms with Gasteiger partial charge in [0.2, 0.25) is 0 Å². The minimum Gasteiger partial charge on any atom is -0.437 e. The van der Waals surface area contributed by atoms with Crippen molar-refractivity contribution in [1.29, 1.82) is 0 Å². The maximum absolute atomic E-state index is 13.9. The Balaban J connectivity index is 1.57. The molecule has 2 aliphatic rings. The fraction of sp³-hybridized carbons (Fsp3) is 0.161. The normalized spacial score (nSPS) is 26.5.